The zero-order chi connectivity index (χ0) is 35.1. The first kappa shape index (κ1) is 35.4. The van der Waals surface area contributed by atoms with Crippen LogP contribution in [0, 0.1) is 11.6 Å². The molecule has 0 bridgehead atoms. The van der Waals surface area contributed by atoms with Crippen molar-refractivity contribution in [1.29, 1.82) is 0 Å². The third-order valence-corrected chi connectivity index (χ3v) is 8.70. The van der Waals surface area contributed by atoms with Crippen LogP contribution in [0.2, 0.25) is 0 Å². The van der Waals surface area contributed by atoms with Gasteiger partial charge < -0.3 is 14.4 Å². The van der Waals surface area contributed by atoms with Crippen LogP contribution >= 0.6 is 0 Å². The third kappa shape index (κ3) is 8.77. The van der Waals surface area contributed by atoms with Crippen LogP contribution < -0.4 is 5.56 Å². The number of carbonyl (C=O) groups is 1. The second-order valence-corrected chi connectivity index (χ2v) is 11.8. The number of halogens is 5. The highest BCUT2D eigenvalue weighted by Gasteiger charge is 2.30. The van der Waals surface area contributed by atoms with Crippen LogP contribution in [0.5, 0.6) is 0 Å². The molecule has 1 amide bonds. The summed E-state index contributed by atoms with van der Waals surface area (Å²) >= 11 is 0. The lowest BCUT2D eigenvalue weighted by atomic mass is 10.0. The van der Waals surface area contributed by atoms with Gasteiger partial charge in [-0.3, -0.25) is 9.59 Å². The molecule has 1 aromatic heterocycles. The molecule has 6 nitrogen and oxygen atoms in total. The third-order valence-electron chi connectivity index (χ3n) is 8.70. The van der Waals surface area contributed by atoms with Gasteiger partial charge in [0.2, 0.25) is 5.91 Å². The number of hydrogen-bond donors (Lipinski definition) is 0. The van der Waals surface area contributed by atoms with Crippen LogP contribution in [0.1, 0.15) is 36.4 Å². The van der Waals surface area contributed by atoms with Crippen molar-refractivity contribution in [2.45, 2.75) is 46.0 Å². The van der Waals surface area contributed by atoms with Crippen molar-refractivity contribution in [3.05, 3.63) is 135 Å². The van der Waals surface area contributed by atoms with Crippen LogP contribution in [-0.2, 0) is 36.9 Å². The van der Waals surface area contributed by atoms with Gasteiger partial charge in [0.1, 0.15) is 24.0 Å². The molecular weight excluding hydrogens is 639 g/mol. The van der Waals surface area contributed by atoms with Gasteiger partial charge in [0.15, 0.2) is 0 Å². The quantitative estimate of drug-likeness (QED) is 0.121. The summed E-state index contributed by atoms with van der Waals surface area (Å²) in [6, 6.07) is 22.5. The number of nitrogens with zero attached hydrogens (tertiary/aromatic N) is 4. The molecule has 49 heavy (non-hydrogen) atoms. The van der Waals surface area contributed by atoms with Gasteiger partial charge in [-0.15, -0.1) is 0 Å². The largest absolute Gasteiger partial charge is 0.416 e. The molecule has 0 saturated carbocycles. The van der Waals surface area contributed by atoms with E-state index in [1.165, 1.54) is 24.3 Å². The Balaban J connectivity index is 1.42. The number of hydrogen-bond acceptors (Lipinski definition) is 4. The number of carbonyl (C=O) groups excluding carboxylic acids is 1. The van der Waals surface area contributed by atoms with E-state index in [0.717, 1.165) is 42.4 Å². The zero-order valence-electron chi connectivity index (χ0n) is 27.3. The lowest BCUT2D eigenvalue weighted by Crippen LogP contribution is -2.40. The fourth-order valence-corrected chi connectivity index (χ4v) is 5.81. The Morgan fingerprint density at radius 2 is 1.47 bits per heavy atom. The minimum Gasteiger partial charge on any atom is -0.336 e. The lowest BCUT2D eigenvalue weighted by Gasteiger charge is -2.28. The number of benzene rings is 4. The Morgan fingerprint density at radius 1 is 0.816 bits per heavy atom. The van der Waals surface area contributed by atoms with E-state index in [4.69, 9.17) is 0 Å². The Bertz CT molecular complexity index is 1950. The molecular formula is C38H37F5N4O2. The first-order valence-electron chi connectivity index (χ1n) is 16.2. The molecule has 0 atom stereocenters. The van der Waals surface area contributed by atoms with E-state index in [2.05, 4.69) is 9.88 Å². The molecule has 11 heteroatoms. The van der Waals surface area contributed by atoms with E-state index < -0.39 is 28.9 Å². The monoisotopic (exact) mass is 676 g/mol. The van der Waals surface area contributed by atoms with Crippen LogP contribution in [0.25, 0.3) is 22.0 Å². The highest BCUT2D eigenvalue weighted by atomic mass is 19.4. The van der Waals surface area contributed by atoms with E-state index >= 15 is 0 Å². The van der Waals surface area contributed by atoms with Gasteiger partial charge >= 0.3 is 6.18 Å². The fraction of sp³-hybridized carbons (Fsp3) is 0.289. The second kappa shape index (κ2) is 15.5. The Labute approximate surface area is 281 Å². The average molecular weight is 677 g/mol. The molecule has 0 unspecified atom stereocenters. The normalized spacial score (nSPS) is 11.8. The van der Waals surface area contributed by atoms with E-state index in [1.807, 2.05) is 38.1 Å². The summed E-state index contributed by atoms with van der Waals surface area (Å²) in [4.78, 5) is 35.3. The standard InChI is InChI=1S/C38H37F5N4O2/c1-3-45(4-2)21-22-46(24-26-9-11-27(12-10-26)28-13-17-30(18-14-28)38(41,42)43)36(48)25-47-34-8-6-5-7-32(34)37(49)44-35(47)20-16-29-15-19-31(39)23-33(29)40/h5-15,17-19,23H,3-4,16,20-22,24-25H2,1-2H3. The highest BCUT2D eigenvalue weighted by Crippen LogP contribution is 2.31. The van der Waals surface area contributed by atoms with E-state index in [1.54, 1.807) is 33.7 Å². The summed E-state index contributed by atoms with van der Waals surface area (Å²) in [7, 11) is 0. The van der Waals surface area contributed by atoms with Crippen LogP contribution in [0.3, 0.4) is 0 Å². The molecule has 4 aromatic carbocycles. The maximum atomic E-state index is 14.5. The molecule has 5 aromatic rings. The molecule has 0 aliphatic heterocycles. The van der Waals surface area contributed by atoms with E-state index in [9.17, 15) is 31.5 Å². The second-order valence-electron chi connectivity index (χ2n) is 11.8. The van der Waals surface area contributed by atoms with Gasteiger partial charge in [0.25, 0.3) is 5.56 Å². The molecule has 0 radical (unpaired) electrons. The molecule has 0 aliphatic carbocycles. The van der Waals surface area contributed by atoms with Gasteiger partial charge in [0, 0.05) is 32.1 Å². The van der Waals surface area contributed by atoms with E-state index in [-0.39, 0.29) is 37.4 Å². The van der Waals surface area contributed by atoms with Crippen molar-refractivity contribution in [3.63, 3.8) is 0 Å². The first-order chi connectivity index (χ1) is 23.5. The van der Waals surface area contributed by atoms with Crippen molar-refractivity contribution in [3.8, 4) is 11.1 Å². The number of aromatic nitrogens is 2. The highest BCUT2D eigenvalue weighted by molar-refractivity contribution is 5.82. The number of rotatable bonds is 13. The molecule has 0 N–H and O–H groups in total. The van der Waals surface area contributed by atoms with Crippen LogP contribution in [0.15, 0.2) is 95.8 Å². The SMILES string of the molecule is CCN(CC)CCN(Cc1ccc(-c2ccc(C(F)(F)F)cc2)cc1)C(=O)Cn1c(CCc2ccc(F)cc2F)nc(=O)c2ccccc21. The van der Waals surface area contributed by atoms with Crippen molar-refractivity contribution < 1.29 is 26.7 Å². The topological polar surface area (TPSA) is 58.4 Å². The van der Waals surface area contributed by atoms with Gasteiger partial charge in [-0.25, -0.2) is 8.78 Å². The smallest absolute Gasteiger partial charge is 0.336 e. The fourth-order valence-electron chi connectivity index (χ4n) is 5.81. The number of amides is 1. The average Bonchev–Trinajstić information content (AvgIpc) is 3.09. The minimum atomic E-state index is -4.41. The Kier molecular flexibility index (Phi) is 11.2. The maximum absolute atomic E-state index is 14.5. The molecule has 0 saturated heterocycles. The first-order valence-corrected chi connectivity index (χ1v) is 16.2. The summed E-state index contributed by atoms with van der Waals surface area (Å²) in [5.74, 6) is -1.29. The van der Waals surface area contributed by atoms with Gasteiger partial charge in [0.05, 0.1) is 16.5 Å². The molecule has 0 fully saturated rings. The molecule has 0 aliphatic rings. The summed E-state index contributed by atoms with van der Waals surface area (Å²) < 4.78 is 68.8. The molecule has 5 rings (SSSR count). The minimum absolute atomic E-state index is 0.128. The van der Waals surface area contributed by atoms with Crippen LogP contribution in [-0.4, -0.2) is 51.4 Å². The van der Waals surface area contributed by atoms with Gasteiger partial charge in [-0.1, -0.05) is 68.4 Å². The Morgan fingerprint density at radius 3 is 2.10 bits per heavy atom. The summed E-state index contributed by atoms with van der Waals surface area (Å²) in [6.45, 7) is 6.89. The zero-order valence-corrected chi connectivity index (χ0v) is 27.3. The number of para-hydroxylation sites is 1. The van der Waals surface area contributed by atoms with Crippen molar-refractivity contribution >= 4 is 16.8 Å². The van der Waals surface area contributed by atoms with Crippen molar-refractivity contribution in [2.75, 3.05) is 26.2 Å². The number of fused-ring (bicyclic) bond motifs is 1. The van der Waals surface area contributed by atoms with Gasteiger partial charge in [-0.05, 0) is 72.1 Å². The van der Waals surface area contributed by atoms with Crippen molar-refractivity contribution in [1.82, 2.24) is 19.4 Å². The maximum Gasteiger partial charge on any atom is 0.416 e. The lowest BCUT2D eigenvalue weighted by molar-refractivity contribution is -0.137. The predicted molar refractivity (Wildman–Crippen MR) is 180 cm³/mol. The molecule has 256 valence electrons. The summed E-state index contributed by atoms with van der Waals surface area (Å²) in [6.07, 6.45) is -4.13. The molecule has 1 heterocycles. The summed E-state index contributed by atoms with van der Waals surface area (Å²) in [5.41, 5.74) is 1.83. The Hall–Kier alpha value is -4.90. The molecule has 0 spiro atoms. The van der Waals surface area contributed by atoms with Crippen molar-refractivity contribution in [2.24, 2.45) is 0 Å². The number of likely N-dealkylation sites (N-methyl/N-ethyl adjacent to an activating group) is 1. The van der Waals surface area contributed by atoms with Crippen LogP contribution in [0.4, 0.5) is 22.0 Å². The van der Waals surface area contributed by atoms with Gasteiger partial charge in [-0.2, -0.15) is 18.2 Å². The summed E-state index contributed by atoms with van der Waals surface area (Å²) in [5, 5.41) is 0.348. The number of aryl methyl sites for hydroxylation is 2. The predicted octanol–water partition coefficient (Wildman–Crippen LogP) is 7.52. The number of alkyl halides is 3. The van der Waals surface area contributed by atoms with E-state index in [0.29, 0.717) is 35.4 Å².